The van der Waals surface area contributed by atoms with Crippen molar-refractivity contribution < 1.29 is 0 Å². The molecule has 0 saturated heterocycles. The number of hydrogen-bond donors (Lipinski definition) is 0. The van der Waals surface area contributed by atoms with Crippen molar-refractivity contribution in [3.05, 3.63) is 51.9 Å². The molecule has 0 fully saturated rings. The van der Waals surface area contributed by atoms with Crippen LogP contribution in [0.1, 0.15) is 5.56 Å². The molecule has 0 atom stereocenters. The average Bonchev–Trinajstić information content (AvgIpc) is 2.26. The molecule has 1 aromatic carbocycles. The molecule has 2 aromatic rings. The lowest BCUT2D eigenvalue weighted by Crippen LogP contribution is -1.90. The summed E-state index contributed by atoms with van der Waals surface area (Å²) in [6, 6.07) is 8.10. The smallest absolute Gasteiger partial charge is 0.218 e. The van der Waals surface area contributed by atoms with Crippen LogP contribution < -0.4 is 0 Å². The zero-order valence-corrected chi connectivity index (χ0v) is 9.66. The molecule has 0 bridgehead atoms. The summed E-state index contributed by atoms with van der Waals surface area (Å²) in [6.07, 6.45) is 2.62. The van der Waals surface area contributed by atoms with Gasteiger partial charge in [0.05, 0.1) is 5.52 Å². The number of pyridine rings is 1. The molecular formula is C12H9BrN2. The van der Waals surface area contributed by atoms with Gasteiger partial charge in [-0.15, -0.1) is 0 Å². The zero-order valence-electron chi connectivity index (χ0n) is 8.07. The van der Waals surface area contributed by atoms with E-state index in [0.717, 1.165) is 27.4 Å². The molecule has 74 valence electrons. The molecule has 0 unspecified atom stereocenters. The minimum absolute atomic E-state index is 0.529. The van der Waals surface area contributed by atoms with E-state index in [4.69, 9.17) is 6.57 Å². The number of para-hydroxylation sites is 1. The summed E-state index contributed by atoms with van der Waals surface area (Å²) < 4.78 is 1.01. The lowest BCUT2D eigenvalue weighted by Gasteiger charge is -2.01. The maximum Gasteiger partial charge on any atom is 0.218 e. The Balaban J connectivity index is 2.44. The highest BCUT2D eigenvalue weighted by atomic mass is 79.9. The second-order valence-corrected chi connectivity index (χ2v) is 4.14. The zero-order chi connectivity index (χ0) is 10.7. The summed E-state index contributed by atoms with van der Waals surface area (Å²) in [4.78, 5) is 7.73. The molecule has 0 N–H and O–H groups in total. The standard InChI is InChI=1S/C12H9BrN2/c1-14-6-5-9-7-10-3-2-4-11(13)12(10)15-8-9/h2-4,7-8H,5-6H2. The van der Waals surface area contributed by atoms with Crippen molar-refractivity contribution in [3.8, 4) is 0 Å². The Morgan fingerprint density at radius 1 is 1.40 bits per heavy atom. The van der Waals surface area contributed by atoms with Crippen molar-refractivity contribution in [2.24, 2.45) is 0 Å². The highest BCUT2D eigenvalue weighted by Gasteiger charge is 2.01. The summed E-state index contributed by atoms with van der Waals surface area (Å²) >= 11 is 3.46. The van der Waals surface area contributed by atoms with E-state index in [9.17, 15) is 0 Å². The fourth-order valence-electron chi connectivity index (χ4n) is 1.49. The van der Waals surface area contributed by atoms with E-state index in [1.54, 1.807) is 0 Å². The van der Waals surface area contributed by atoms with Crippen molar-refractivity contribution in [1.82, 2.24) is 4.98 Å². The summed E-state index contributed by atoms with van der Waals surface area (Å²) in [5.74, 6) is 0. The SMILES string of the molecule is [C-]#[N+]CCc1cnc2c(Br)cccc2c1. The molecule has 3 heteroatoms. The van der Waals surface area contributed by atoms with Gasteiger partial charge in [-0.2, -0.15) is 0 Å². The molecule has 0 spiro atoms. The highest BCUT2D eigenvalue weighted by Crippen LogP contribution is 2.22. The van der Waals surface area contributed by atoms with Crippen LogP contribution in [-0.2, 0) is 6.42 Å². The quantitative estimate of drug-likeness (QED) is 0.757. The maximum absolute atomic E-state index is 6.75. The molecule has 0 radical (unpaired) electrons. The Morgan fingerprint density at radius 2 is 2.27 bits per heavy atom. The first-order chi connectivity index (χ1) is 7.31. The first-order valence-corrected chi connectivity index (χ1v) is 5.47. The van der Waals surface area contributed by atoms with Gasteiger partial charge in [-0.25, -0.2) is 6.57 Å². The highest BCUT2D eigenvalue weighted by molar-refractivity contribution is 9.10. The van der Waals surface area contributed by atoms with Gasteiger partial charge in [-0.3, -0.25) is 4.98 Å². The summed E-state index contributed by atoms with van der Waals surface area (Å²) in [5.41, 5.74) is 2.10. The summed E-state index contributed by atoms with van der Waals surface area (Å²) in [6.45, 7) is 7.28. The number of fused-ring (bicyclic) bond motifs is 1. The largest absolute Gasteiger partial charge is 0.317 e. The van der Waals surface area contributed by atoms with Gasteiger partial charge in [-0.1, -0.05) is 12.1 Å². The third-order valence-electron chi connectivity index (χ3n) is 2.23. The number of aromatic nitrogens is 1. The predicted octanol–water partition coefficient (Wildman–Crippen LogP) is 3.46. The molecule has 0 aliphatic rings. The van der Waals surface area contributed by atoms with Crippen LogP contribution in [0, 0.1) is 6.57 Å². The van der Waals surface area contributed by atoms with Crippen LogP contribution >= 0.6 is 15.9 Å². The predicted molar refractivity (Wildman–Crippen MR) is 64.6 cm³/mol. The first-order valence-electron chi connectivity index (χ1n) is 4.67. The topological polar surface area (TPSA) is 17.2 Å². The third kappa shape index (κ3) is 2.16. The fraction of sp³-hybridized carbons (Fsp3) is 0.167. The number of hydrogen-bond acceptors (Lipinski definition) is 1. The Hall–Kier alpha value is -1.40. The van der Waals surface area contributed by atoms with Crippen molar-refractivity contribution in [1.29, 1.82) is 0 Å². The number of benzene rings is 1. The monoisotopic (exact) mass is 260 g/mol. The average molecular weight is 261 g/mol. The minimum atomic E-state index is 0.529. The Bertz CT molecular complexity index is 529. The van der Waals surface area contributed by atoms with Gasteiger partial charge in [0.15, 0.2) is 0 Å². The fourth-order valence-corrected chi connectivity index (χ4v) is 1.97. The Kier molecular flexibility index (Phi) is 2.98. The second-order valence-electron chi connectivity index (χ2n) is 3.29. The van der Waals surface area contributed by atoms with Crippen molar-refractivity contribution in [2.75, 3.05) is 6.54 Å². The second kappa shape index (κ2) is 4.41. The van der Waals surface area contributed by atoms with E-state index >= 15 is 0 Å². The van der Waals surface area contributed by atoms with Crippen LogP contribution in [0.3, 0.4) is 0 Å². The van der Waals surface area contributed by atoms with E-state index < -0.39 is 0 Å². The van der Waals surface area contributed by atoms with Gasteiger partial charge in [0.25, 0.3) is 0 Å². The maximum atomic E-state index is 6.75. The van der Waals surface area contributed by atoms with Crippen LogP contribution in [0.2, 0.25) is 0 Å². The molecule has 0 aliphatic heterocycles. The van der Waals surface area contributed by atoms with Gasteiger partial charge >= 0.3 is 0 Å². The number of halogens is 1. The van der Waals surface area contributed by atoms with Gasteiger partial charge < -0.3 is 4.85 Å². The van der Waals surface area contributed by atoms with Gasteiger partial charge in [0, 0.05) is 22.5 Å². The normalized spacial score (nSPS) is 10.1. The molecule has 0 saturated carbocycles. The van der Waals surface area contributed by atoms with Gasteiger partial charge in [0.2, 0.25) is 6.54 Å². The minimum Gasteiger partial charge on any atom is -0.317 e. The van der Waals surface area contributed by atoms with Crippen LogP contribution in [0.4, 0.5) is 0 Å². The van der Waals surface area contributed by atoms with Crippen LogP contribution in [-0.4, -0.2) is 11.5 Å². The van der Waals surface area contributed by atoms with Crippen molar-refractivity contribution in [2.45, 2.75) is 6.42 Å². The van der Waals surface area contributed by atoms with E-state index in [0.29, 0.717) is 6.54 Å². The molecular weight excluding hydrogens is 252 g/mol. The number of rotatable bonds is 2. The van der Waals surface area contributed by atoms with Gasteiger partial charge in [0.1, 0.15) is 0 Å². The van der Waals surface area contributed by atoms with E-state index in [1.165, 1.54) is 0 Å². The van der Waals surface area contributed by atoms with Crippen molar-refractivity contribution in [3.63, 3.8) is 0 Å². The van der Waals surface area contributed by atoms with Crippen LogP contribution in [0.15, 0.2) is 34.9 Å². The molecule has 2 rings (SSSR count). The third-order valence-corrected chi connectivity index (χ3v) is 2.87. The first kappa shape index (κ1) is 10.1. The molecule has 1 heterocycles. The van der Waals surface area contributed by atoms with Crippen molar-refractivity contribution >= 4 is 26.8 Å². The van der Waals surface area contributed by atoms with Crippen LogP contribution in [0.5, 0.6) is 0 Å². The lowest BCUT2D eigenvalue weighted by atomic mass is 10.1. The molecule has 15 heavy (non-hydrogen) atoms. The number of nitrogens with zero attached hydrogens (tertiary/aromatic N) is 2. The Labute approximate surface area is 96.9 Å². The molecule has 2 nitrogen and oxygen atoms in total. The van der Waals surface area contributed by atoms with E-state index in [-0.39, 0.29) is 0 Å². The van der Waals surface area contributed by atoms with E-state index in [2.05, 4.69) is 31.8 Å². The Morgan fingerprint density at radius 3 is 3.07 bits per heavy atom. The van der Waals surface area contributed by atoms with Gasteiger partial charge in [-0.05, 0) is 33.6 Å². The van der Waals surface area contributed by atoms with E-state index in [1.807, 2.05) is 24.4 Å². The lowest BCUT2D eigenvalue weighted by molar-refractivity contribution is 1.07. The summed E-state index contributed by atoms with van der Waals surface area (Å²) in [7, 11) is 0. The molecule has 0 amide bonds. The summed E-state index contributed by atoms with van der Waals surface area (Å²) in [5, 5.41) is 1.12. The molecule has 0 aliphatic carbocycles. The molecule has 1 aromatic heterocycles. The van der Waals surface area contributed by atoms with Crippen LogP contribution in [0.25, 0.3) is 15.7 Å².